The molecule has 3 aromatic rings. The number of hydrogen-bond acceptors (Lipinski definition) is 5. The third kappa shape index (κ3) is 4.57. The molecular weight excluding hydrogens is 356 g/mol. The van der Waals surface area contributed by atoms with Crippen molar-refractivity contribution < 1.29 is 18.7 Å². The molecule has 0 fully saturated rings. The molecule has 146 valence electrons. The second-order valence-electron chi connectivity index (χ2n) is 6.75. The van der Waals surface area contributed by atoms with Crippen LogP contribution in [0.25, 0.3) is 11.1 Å². The van der Waals surface area contributed by atoms with E-state index in [0.717, 1.165) is 24.8 Å². The zero-order chi connectivity index (χ0) is 20.1. The highest BCUT2D eigenvalue weighted by Crippen LogP contribution is 2.29. The quantitative estimate of drug-likeness (QED) is 0.555. The van der Waals surface area contributed by atoms with Gasteiger partial charge >= 0.3 is 12.0 Å². The minimum absolute atomic E-state index is 0.152. The van der Waals surface area contributed by atoms with Gasteiger partial charge < -0.3 is 9.15 Å². The Morgan fingerprint density at radius 2 is 1.89 bits per heavy atom. The van der Waals surface area contributed by atoms with Crippen LogP contribution in [0, 0.1) is 6.92 Å². The van der Waals surface area contributed by atoms with Crippen molar-refractivity contribution in [3.05, 3.63) is 53.6 Å². The number of hydrogen-bond donors (Lipinski definition) is 0. The first-order valence-corrected chi connectivity index (χ1v) is 9.40. The second kappa shape index (κ2) is 8.69. The molecule has 0 aliphatic heterocycles. The molecule has 0 atom stereocenters. The first-order chi connectivity index (χ1) is 13.5. The Kier molecular flexibility index (Phi) is 6.09. The van der Waals surface area contributed by atoms with Crippen molar-refractivity contribution in [2.75, 3.05) is 11.5 Å². The van der Waals surface area contributed by atoms with Gasteiger partial charge in [0.25, 0.3) is 5.91 Å². The SMILES string of the molecule is CCCCc1ccc(N(C(=O)COC(C)=O)c2nc3cc(C)ccc3o2)cc1. The number of amides is 1. The maximum absolute atomic E-state index is 12.8. The van der Waals surface area contributed by atoms with Crippen LogP contribution in [-0.4, -0.2) is 23.5 Å². The molecule has 0 saturated carbocycles. The molecule has 0 spiro atoms. The average molecular weight is 380 g/mol. The molecule has 1 amide bonds. The standard InChI is InChI=1S/C22H24N2O4/c1-4-5-6-17-8-10-18(11-9-17)24(21(26)14-27-16(3)25)22-23-19-13-15(2)7-12-20(19)28-22/h7-13H,4-6,14H2,1-3H3. The van der Waals surface area contributed by atoms with Crippen molar-refractivity contribution in [1.29, 1.82) is 0 Å². The molecule has 1 heterocycles. The molecule has 0 radical (unpaired) electrons. The van der Waals surface area contributed by atoms with Crippen molar-refractivity contribution in [3.8, 4) is 0 Å². The summed E-state index contributed by atoms with van der Waals surface area (Å²) in [6.07, 6.45) is 3.22. The number of aryl methyl sites for hydroxylation is 2. The molecule has 28 heavy (non-hydrogen) atoms. The number of nitrogens with zero attached hydrogens (tertiary/aromatic N) is 2. The predicted octanol–water partition coefficient (Wildman–Crippen LogP) is 4.71. The van der Waals surface area contributed by atoms with E-state index in [4.69, 9.17) is 9.15 Å². The topological polar surface area (TPSA) is 72.6 Å². The summed E-state index contributed by atoms with van der Waals surface area (Å²) in [6.45, 7) is 5.00. The van der Waals surface area contributed by atoms with Gasteiger partial charge in [-0.05, 0) is 55.2 Å². The van der Waals surface area contributed by atoms with Crippen LogP contribution in [0.3, 0.4) is 0 Å². The van der Waals surface area contributed by atoms with Crippen LogP contribution in [0.4, 0.5) is 11.7 Å². The molecule has 3 rings (SSSR count). The Morgan fingerprint density at radius 1 is 1.14 bits per heavy atom. The monoisotopic (exact) mass is 380 g/mol. The van der Waals surface area contributed by atoms with Crippen molar-refractivity contribution in [1.82, 2.24) is 4.98 Å². The van der Waals surface area contributed by atoms with Crippen LogP contribution < -0.4 is 4.90 Å². The Bertz CT molecular complexity index is 976. The number of unbranched alkanes of at least 4 members (excludes halogenated alkanes) is 1. The smallest absolute Gasteiger partial charge is 0.310 e. The highest BCUT2D eigenvalue weighted by molar-refractivity contribution is 6.00. The van der Waals surface area contributed by atoms with E-state index in [1.807, 2.05) is 49.4 Å². The van der Waals surface area contributed by atoms with E-state index in [2.05, 4.69) is 11.9 Å². The van der Waals surface area contributed by atoms with Crippen LogP contribution in [0.5, 0.6) is 0 Å². The van der Waals surface area contributed by atoms with Gasteiger partial charge in [0.2, 0.25) is 0 Å². The van der Waals surface area contributed by atoms with Crippen molar-refractivity contribution in [2.24, 2.45) is 0 Å². The third-order valence-electron chi connectivity index (χ3n) is 4.38. The summed E-state index contributed by atoms with van der Waals surface area (Å²) in [5.74, 6) is -0.948. The van der Waals surface area contributed by atoms with Gasteiger partial charge in [0.15, 0.2) is 12.2 Å². The minimum atomic E-state index is -0.517. The number of carbonyl (C=O) groups excluding carboxylic acids is 2. The Labute approximate surface area is 164 Å². The van der Waals surface area contributed by atoms with Gasteiger partial charge in [0, 0.05) is 6.92 Å². The molecule has 2 aromatic carbocycles. The van der Waals surface area contributed by atoms with Gasteiger partial charge in [-0.25, -0.2) is 4.90 Å². The number of oxazole rings is 1. The third-order valence-corrected chi connectivity index (χ3v) is 4.38. The zero-order valence-electron chi connectivity index (χ0n) is 16.4. The van der Waals surface area contributed by atoms with E-state index in [-0.39, 0.29) is 12.6 Å². The fraction of sp³-hybridized carbons (Fsp3) is 0.318. The fourth-order valence-electron chi connectivity index (χ4n) is 2.90. The molecular formula is C22H24N2O4. The molecule has 6 heteroatoms. The normalized spacial score (nSPS) is 10.8. The maximum atomic E-state index is 12.8. The van der Waals surface area contributed by atoms with Crippen LogP contribution in [-0.2, 0) is 20.7 Å². The summed E-state index contributed by atoms with van der Waals surface area (Å²) in [5, 5.41) is 0. The number of aromatic nitrogens is 1. The number of ether oxygens (including phenoxy) is 1. The lowest BCUT2D eigenvalue weighted by Crippen LogP contribution is -2.30. The highest BCUT2D eigenvalue weighted by Gasteiger charge is 2.24. The second-order valence-corrected chi connectivity index (χ2v) is 6.75. The van der Waals surface area contributed by atoms with Gasteiger partial charge in [0.1, 0.15) is 5.52 Å². The van der Waals surface area contributed by atoms with E-state index in [9.17, 15) is 9.59 Å². The zero-order valence-corrected chi connectivity index (χ0v) is 16.4. The van der Waals surface area contributed by atoms with E-state index in [1.165, 1.54) is 17.4 Å². The molecule has 0 bridgehead atoms. The molecule has 0 unspecified atom stereocenters. The number of rotatable bonds is 7. The van der Waals surface area contributed by atoms with Gasteiger partial charge in [0.05, 0.1) is 5.69 Å². The Morgan fingerprint density at radius 3 is 2.57 bits per heavy atom. The molecule has 0 aliphatic carbocycles. The number of carbonyl (C=O) groups is 2. The van der Waals surface area contributed by atoms with Crippen LogP contribution in [0.1, 0.15) is 37.8 Å². The number of anilines is 2. The average Bonchev–Trinajstić information content (AvgIpc) is 3.08. The van der Waals surface area contributed by atoms with Crippen molar-refractivity contribution in [2.45, 2.75) is 40.0 Å². The van der Waals surface area contributed by atoms with Gasteiger partial charge in [-0.15, -0.1) is 0 Å². The van der Waals surface area contributed by atoms with Gasteiger partial charge in [-0.2, -0.15) is 4.98 Å². The van der Waals surface area contributed by atoms with E-state index >= 15 is 0 Å². The summed E-state index contributed by atoms with van der Waals surface area (Å²) in [6, 6.07) is 13.5. The number of benzene rings is 2. The van der Waals surface area contributed by atoms with Crippen molar-refractivity contribution >= 4 is 34.7 Å². The van der Waals surface area contributed by atoms with Crippen LogP contribution >= 0.6 is 0 Å². The van der Waals surface area contributed by atoms with E-state index < -0.39 is 11.9 Å². The van der Waals surface area contributed by atoms with E-state index in [0.29, 0.717) is 16.8 Å². The molecule has 1 aromatic heterocycles. The number of fused-ring (bicyclic) bond motifs is 1. The lowest BCUT2D eigenvalue weighted by molar-refractivity contribution is -0.145. The molecule has 0 aliphatic rings. The molecule has 0 saturated heterocycles. The first-order valence-electron chi connectivity index (χ1n) is 9.40. The van der Waals surface area contributed by atoms with Gasteiger partial charge in [-0.1, -0.05) is 31.5 Å². The Hall–Kier alpha value is -3.15. The van der Waals surface area contributed by atoms with Crippen LogP contribution in [0.15, 0.2) is 46.9 Å². The molecule has 0 N–H and O–H groups in total. The number of esters is 1. The summed E-state index contributed by atoms with van der Waals surface area (Å²) in [4.78, 5) is 29.8. The predicted molar refractivity (Wildman–Crippen MR) is 108 cm³/mol. The van der Waals surface area contributed by atoms with Gasteiger partial charge in [-0.3, -0.25) is 9.59 Å². The summed E-state index contributed by atoms with van der Waals surface area (Å²) < 4.78 is 10.7. The minimum Gasteiger partial charge on any atom is -0.456 e. The van der Waals surface area contributed by atoms with E-state index in [1.54, 1.807) is 0 Å². The fourth-order valence-corrected chi connectivity index (χ4v) is 2.90. The highest BCUT2D eigenvalue weighted by atomic mass is 16.5. The Balaban J connectivity index is 1.96. The first kappa shape index (κ1) is 19.6. The summed E-state index contributed by atoms with van der Waals surface area (Å²) >= 11 is 0. The molecule has 6 nitrogen and oxygen atoms in total. The summed E-state index contributed by atoms with van der Waals surface area (Å²) in [7, 11) is 0. The lowest BCUT2D eigenvalue weighted by Gasteiger charge is -2.19. The maximum Gasteiger partial charge on any atom is 0.310 e. The summed E-state index contributed by atoms with van der Waals surface area (Å²) in [5.41, 5.74) is 4.11. The lowest BCUT2D eigenvalue weighted by atomic mass is 10.1. The largest absolute Gasteiger partial charge is 0.456 e. The van der Waals surface area contributed by atoms with Crippen molar-refractivity contribution in [3.63, 3.8) is 0 Å². The van der Waals surface area contributed by atoms with Crippen LogP contribution in [0.2, 0.25) is 0 Å².